The molecule has 1 saturated heterocycles. The van der Waals surface area contributed by atoms with Gasteiger partial charge in [-0.1, -0.05) is 0 Å². The molecule has 86 valence electrons. The standard InChI is InChI=1S/C11H20N2O2/c1-11(2,3)15-10(14)13-5-7-4-8(7)9(12)6-13/h7-9H,4-6,12H2,1-3H3/t7-,8-,9-/m1/s1. The van der Waals surface area contributed by atoms with E-state index in [9.17, 15) is 4.79 Å². The minimum Gasteiger partial charge on any atom is -0.444 e. The Labute approximate surface area is 90.8 Å². The Morgan fingerprint density at radius 3 is 2.60 bits per heavy atom. The van der Waals surface area contributed by atoms with Crippen molar-refractivity contribution >= 4 is 6.09 Å². The lowest BCUT2D eigenvalue weighted by molar-refractivity contribution is 0.0191. The van der Waals surface area contributed by atoms with Crippen LogP contribution in [0, 0.1) is 11.8 Å². The van der Waals surface area contributed by atoms with Gasteiger partial charge in [0.05, 0.1) is 0 Å². The van der Waals surface area contributed by atoms with Crippen LogP contribution in [0.25, 0.3) is 0 Å². The van der Waals surface area contributed by atoms with Gasteiger partial charge in [-0.05, 0) is 39.0 Å². The highest BCUT2D eigenvalue weighted by Crippen LogP contribution is 2.44. The van der Waals surface area contributed by atoms with Gasteiger partial charge in [-0.3, -0.25) is 0 Å². The zero-order valence-electron chi connectivity index (χ0n) is 9.69. The minimum atomic E-state index is -0.415. The average Bonchev–Trinajstić information content (AvgIpc) is 2.79. The molecular formula is C11H20N2O2. The number of nitrogens with zero attached hydrogens (tertiary/aromatic N) is 1. The second-order valence-corrected chi connectivity index (χ2v) is 5.71. The second-order valence-electron chi connectivity index (χ2n) is 5.71. The first-order valence-corrected chi connectivity index (χ1v) is 5.60. The molecule has 0 spiro atoms. The summed E-state index contributed by atoms with van der Waals surface area (Å²) in [7, 11) is 0. The number of hydrogen-bond acceptors (Lipinski definition) is 3. The Kier molecular flexibility index (Phi) is 2.41. The molecule has 0 bridgehead atoms. The van der Waals surface area contributed by atoms with Crippen LogP contribution in [0.4, 0.5) is 4.79 Å². The summed E-state index contributed by atoms with van der Waals surface area (Å²) >= 11 is 0. The summed E-state index contributed by atoms with van der Waals surface area (Å²) in [6, 6.07) is 0.149. The summed E-state index contributed by atoms with van der Waals surface area (Å²) in [4.78, 5) is 13.5. The van der Waals surface area contributed by atoms with Crippen LogP contribution in [0.5, 0.6) is 0 Å². The van der Waals surface area contributed by atoms with Crippen LogP contribution in [0.15, 0.2) is 0 Å². The second kappa shape index (κ2) is 3.37. The summed E-state index contributed by atoms with van der Waals surface area (Å²) in [5.74, 6) is 1.28. The maximum atomic E-state index is 11.8. The summed E-state index contributed by atoms with van der Waals surface area (Å²) in [6.07, 6.45) is 0.962. The van der Waals surface area contributed by atoms with E-state index in [1.807, 2.05) is 20.8 Å². The molecule has 4 heteroatoms. The van der Waals surface area contributed by atoms with E-state index in [4.69, 9.17) is 10.5 Å². The van der Waals surface area contributed by atoms with Gasteiger partial charge in [-0.2, -0.15) is 0 Å². The van der Waals surface area contributed by atoms with E-state index in [1.54, 1.807) is 4.90 Å². The average molecular weight is 212 g/mol. The van der Waals surface area contributed by atoms with Gasteiger partial charge in [-0.25, -0.2) is 4.79 Å². The molecule has 1 aliphatic carbocycles. The number of hydrogen-bond donors (Lipinski definition) is 1. The predicted octanol–water partition coefficient (Wildman–Crippen LogP) is 1.20. The van der Waals surface area contributed by atoms with Crippen molar-refractivity contribution < 1.29 is 9.53 Å². The highest BCUT2D eigenvalue weighted by Gasteiger charge is 2.48. The van der Waals surface area contributed by atoms with Crippen molar-refractivity contribution in [2.45, 2.75) is 38.8 Å². The van der Waals surface area contributed by atoms with Gasteiger partial charge in [0, 0.05) is 19.1 Å². The zero-order chi connectivity index (χ0) is 11.2. The third-order valence-electron chi connectivity index (χ3n) is 3.07. The third-order valence-corrected chi connectivity index (χ3v) is 3.07. The van der Waals surface area contributed by atoms with E-state index in [0.717, 1.165) is 6.54 Å². The molecule has 0 radical (unpaired) electrons. The summed E-state index contributed by atoms with van der Waals surface area (Å²) in [5, 5.41) is 0. The fourth-order valence-corrected chi connectivity index (χ4v) is 2.23. The topological polar surface area (TPSA) is 55.6 Å². The number of likely N-dealkylation sites (tertiary alicyclic amines) is 1. The smallest absolute Gasteiger partial charge is 0.410 e. The fourth-order valence-electron chi connectivity index (χ4n) is 2.23. The van der Waals surface area contributed by atoms with Gasteiger partial charge in [0.1, 0.15) is 5.60 Å². The molecule has 2 aliphatic rings. The first-order chi connectivity index (χ1) is 6.87. The van der Waals surface area contributed by atoms with Gasteiger partial charge in [0.15, 0.2) is 0 Å². The molecule has 0 aromatic heterocycles. The van der Waals surface area contributed by atoms with Crippen molar-refractivity contribution in [3.05, 3.63) is 0 Å². The van der Waals surface area contributed by atoms with E-state index in [1.165, 1.54) is 6.42 Å². The lowest BCUT2D eigenvalue weighted by Crippen LogP contribution is -2.48. The number of fused-ring (bicyclic) bond motifs is 1. The third kappa shape index (κ3) is 2.43. The molecule has 4 nitrogen and oxygen atoms in total. The highest BCUT2D eigenvalue weighted by atomic mass is 16.6. The molecular weight excluding hydrogens is 192 g/mol. The fraction of sp³-hybridized carbons (Fsp3) is 0.909. The van der Waals surface area contributed by atoms with Crippen molar-refractivity contribution in [2.75, 3.05) is 13.1 Å². The number of rotatable bonds is 0. The van der Waals surface area contributed by atoms with Crippen molar-refractivity contribution in [1.29, 1.82) is 0 Å². The van der Waals surface area contributed by atoms with E-state index >= 15 is 0 Å². The number of ether oxygens (including phenoxy) is 1. The van der Waals surface area contributed by atoms with Gasteiger partial charge in [0.2, 0.25) is 0 Å². The van der Waals surface area contributed by atoms with Crippen LogP contribution in [0.2, 0.25) is 0 Å². The van der Waals surface area contributed by atoms with Crippen molar-refractivity contribution in [2.24, 2.45) is 17.6 Å². The Hall–Kier alpha value is -0.770. The summed E-state index contributed by atoms with van der Waals surface area (Å²) < 4.78 is 5.32. The molecule has 15 heavy (non-hydrogen) atoms. The molecule has 3 atom stereocenters. The molecule has 2 rings (SSSR count). The van der Waals surface area contributed by atoms with Crippen LogP contribution < -0.4 is 5.73 Å². The summed E-state index contributed by atoms with van der Waals surface area (Å²) in [6.45, 7) is 7.13. The minimum absolute atomic E-state index is 0.149. The SMILES string of the molecule is CC(C)(C)OC(=O)N1C[C@H]2C[C@H]2[C@H](N)C1. The number of nitrogens with two attached hydrogens (primary N) is 1. The number of carbonyl (C=O) groups is 1. The maximum absolute atomic E-state index is 11.8. The molecule has 0 aromatic carbocycles. The van der Waals surface area contributed by atoms with Gasteiger partial charge >= 0.3 is 6.09 Å². The first kappa shape index (κ1) is 10.7. The first-order valence-electron chi connectivity index (χ1n) is 5.60. The summed E-state index contributed by atoms with van der Waals surface area (Å²) in [5.41, 5.74) is 5.55. The van der Waals surface area contributed by atoms with Gasteiger partial charge in [0.25, 0.3) is 0 Å². The zero-order valence-corrected chi connectivity index (χ0v) is 9.69. The molecule has 1 heterocycles. The molecule has 0 unspecified atom stereocenters. The Morgan fingerprint density at radius 2 is 2.07 bits per heavy atom. The highest BCUT2D eigenvalue weighted by molar-refractivity contribution is 5.68. The number of carbonyl (C=O) groups excluding carboxylic acids is 1. The quantitative estimate of drug-likeness (QED) is 0.656. The molecule has 1 amide bonds. The molecule has 2 fully saturated rings. The van der Waals surface area contributed by atoms with Gasteiger partial charge < -0.3 is 15.4 Å². The molecule has 1 saturated carbocycles. The lowest BCUT2D eigenvalue weighted by atomic mass is 10.1. The lowest BCUT2D eigenvalue weighted by Gasteiger charge is -2.32. The van der Waals surface area contributed by atoms with Crippen LogP contribution in [0.3, 0.4) is 0 Å². The van der Waals surface area contributed by atoms with Crippen LogP contribution in [-0.4, -0.2) is 35.7 Å². The van der Waals surface area contributed by atoms with Crippen molar-refractivity contribution in [3.8, 4) is 0 Å². The number of amides is 1. The largest absolute Gasteiger partial charge is 0.444 e. The Balaban J connectivity index is 1.90. The van der Waals surface area contributed by atoms with Crippen LogP contribution in [0.1, 0.15) is 27.2 Å². The normalized spacial score (nSPS) is 34.7. The van der Waals surface area contributed by atoms with Crippen LogP contribution >= 0.6 is 0 Å². The maximum Gasteiger partial charge on any atom is 0.410 e. The molecule has 0 aromatic rings. The Bertz CT molecular complexity index is 272. The van der Waals surface area contributed by atoms with E-state index in [0.29, 0.717) is 18.4 Å². The molecule has 2 N–H and O–H groups in total. The van der Waals surface area contributed by atoms with Crippen molar-refractivity contribution in [3.63, 3.8) is 0 Å². The Morgan fingerprint density at radius 1 is 1.40 bits per heavy atom. The van der Waals surface area contributed by atoms with E-state index in [2.05, 4.69) is 0 Å². The van der Waals surface area contributed by atoms with Gasteiger partial charge in [-0.15, -0.1) is 0 Å². The number of piperidine rings is 1. The molecule has 1 aliphatic heterocycles. The van der Waals surface area contributed by atoms with Crippen molar-refractivity contribution in [1.82, 2.24) is 4.90 Å². The monoisotopic (exact) mass is 212 g/mol. The predicted molar refractivity (Wildman–Crippen MR) is 57.4 cm³/mol. The van der Waals surface area contributed by atoms with E-state index in [-0.39, 0.29) is 12.1 Å². The van der Waals surface area contributed by atoms with E-state index < -0.39 is 5.60 Å². The van der Waals surface area contributed by atoms with Crippen LogP contribution in [-0.2, 0) is 4.74 Å².